The van der Waals surface area contributed by atoms with Crippen molar-refractivity contribution in [1.82, 2.24) is 9.55 Å². The van der Waals surface area contributed by atoms with Gasteiger partial charge in [0, 0.05) is 7.05 Å². The molecular weight excluding hydrogens is 240 g/mol. The van der Waals surface area contributed by atoms with Crippen LogP contribution in [0.1, 0.15) is 33.1 Å². The average Bonchev–Trinajstić information content (AvgIpc) is 2.64. The second-order valence-corrected chi connectivity index (χ2v) is 4.81. The maximum atomic E-state index is 11.2. The molecule has 0 amide bonds. The summed E-state index contributed by atoms with van der Waals surface area (Å²) in [6, 6.07) is 8.28. The van der Waals surface area contributed by atoms with Gasteiger partial charge in [-0.05, 0) is 32.3 Å². The second kappa shape index (κ2) is 5.26. The van der Waals surface area contributed by atoms with Crippen molar-refractivity contribution in [3.8, 4) is 0 Å². The molecule has 1 heterocycles. The summed E-state index contributed by atoms with van der Waals surface area (Å²) in [5, 5.41) is 9.17. The highest BCUT2D eigenvalue weighted by Crippen LogP contribution is 2.14. The van der Waals surface area contributed by atoms with Crippen LogP contribution in [0.2, 0.25) is 0 Å². The number of benzene rings is 1. The molecule has 0 saturated heterocycles. The molecule has 0 spiro atoms. The zero-order valence-electron chi connectivity index (χ0n) is 11.5. The molecular formula is C15H18N2O2. The molecule has 0 aliphatic carbocycles. The topological polar surface area (TPSA) is 55.1 Å². The van der Waals surface area contributed by atoms with Gasteiger partial charge in [0.05, 0.1) is 5.69 Å². The molecule has 0 aliphatic rings. The summed E-state index contributed by atoms with van der Waals surface area (Å²) in [5.41, 5.74) is 3.39. The number of carboxylic acids is 1. The fourth-order valence-electron chi connectivity index (χ4n) is 2.24. The van der Waals surface area contributed by atoms with E-state index >= 15 is 0 Å². The van der Waals surface area contributed by atoms with Gasteiger partial charge in [-0.1, -0.05) is 29.8 Å². The molecule has 4 heteroatoms. The Morgan fingerprint density at radius 1 is 1.32 bits per heavy atom. The number of carboxylic acid groups (broad SMARTS) is 1. The monoisotopic (exact) mass is 258 g/mol. The van der Waals surface area contributed by atoms with Crippen LogP contribution < -0.4 is 0 Å². The van der Waals surface area contributed by atoms with Crippen LogP contribution in [-0.4, -0.2) is 20.6 Å². The fourth-order valence-corrected chi connectivity index (χ4v) is 2.24. The molecule has 2 rings (SSSR count). The van der Waals surface area contributed by atoms with Crippen LogP contribution in [-0.2, 0) is 19.9 Å². The molecule has 0 radical (unpaired) electrons. The van der Waals surface area contributed by atoms with Gasteiger partial charge in [0.25, 0.3) is 0 Å². The van der Waals surface area contributed by atoms with Crippen molar-refractivity contribution < 1.29 is 9.90 Å². The van der Waals surface area contributed by atoms with E-state index in [0.29, 0.717) is 6.42 Å². The van der Waals surface area contributed by atoms with E-state index in [1.165, 1.54) is 11.1 Å². The highest BCUT2D eigenvalue weighted by molar-refractivity contribution is 5.86. The first kappa shape index (κ1) is 13.3. The third-order valence-corrected chi connectivity index (χ3v) is 3.37. The number of hydrogen-bond acceptors (Lipinski definition) is 2. The normalized spacial score (nSPS) is 10.7. The zero-order chi connectivity index (χ0) is 14.0. The average molecular weight is 258 g/mol. The minimum Gasteiger partial charge on any atom is -0.476 e. The Hall–Kier alpha value is -2.10. The summed E-state index contributed by atoms with van der Waals surface area (Å²) >= 11 is 0. The summed E-state index contributed by atoms with van der Waals surface area (Å²) in [6.45, 7) is 3.88. The summed E-state index contributed by atoms with van der Waals surface area (Å²) < 4.78 is 1.86. The number of carbonyl (C=O) groups is 1. The van der Waals surface area contributed by atoms with Gasteiger partial charge in [-0.3, -0.25) is 0 Å². The maximum Gasteiger partial charge on any atom is 0.356 e. The molecule has 1 aromatic carbocycles. The van der Waals surface area contributed by atoms with Crippen LogP contribution in [0, 0.1) is 13.8 Å². The first-order valence-corrected chi connectivity index (χ1v) is 6.30. The Bertz CT molecular complexity index is 615. The molecule has 4 nitrogen and oxygen atoms in total. The molecule has 100 valence electrons. The number of imidazole rings is 1. The van der Waals surface area contributed by atoms with Gasteiger partial charge in [-0.2, -0.15) is 0 Å². The molecule has 0 unspecified atom stereocenters. The lowest BCUT2D eigenvalue weighted by atomic mass is 10.0. The summed E-state index contributed by atoms with van der Waals surface area (Å²) in [6.07, 6.45) is 1.50. The van der Waals surface area contributed by atoms with Gasteiger partial charge in [-0.25, -0.2) is 9.78 Å². The van der Waals surface area contributed by atoms with Crippen molar-refractivity contribution in [3.63, 3.8) is 0 Å². The third kappa shape index (κ3) is 2.84. The van der Waals surface area contributed by atoms with Gasteiger partial charge >= 0.3 is 5.97 Å². The van der Waals surface area contributed by atoms with E-state index in [-0.39, 0.29) is 5.69 Å². The fraction of sp³-hybridized carbons (Fsp3) is 0.333. The van der Waals surface area contributed by atoms with Crippen molar-refractivity contribution in [1.29, 1.82) is 0 Å². The van der Waals surface area contributed by atoms with E-state index in [1.54, 1.807) is 0 Å². The van der Waals surface area contributed by atoms with Crippen molar-refractivity contribution in [2.75, 3.05) is 0 Å². The van der Waals surface area contributed by atoms with E-state index in [2.05, 4.69) is 30.1 Å². The minimum absolute atomic E-state index is 0.174. The van der Waals surface area contributed by atoms with Crippen molar-refractivity contribution >= 4 is 5.97 Å². The van der Waals surface area contributed by atoms with Gasteiger partial charge < -0.3 is 9.67 Å². The number of aryl methyl sites for hydroxylation is 3. The lowest BCUT2D eigenvalue weighted by Crippen LogP contribution is -2.07. The molecule has 0 bridgehead atoms. The molecule has 0 atom stereocenters. The SMILES string of the molecule is Cc1cccc(CCc2c(C(=O)O)nc(C)n2C)c1. The van der Waals surface area contributed by atoms with Gasteiger partial charge in [-0.15, -0.1) is 0 Å². The summed E-state index contributed by atoms with van der Waals surface area (Å²) in [5.74, 6) is -0.223. The Morgan fingerprint density at radius 2 is 2.05 bits per heavy atom. The lowest BCUT2D eigenvalue weighted by molar-refractivity contribution is 0.0689. The van der Waals surface area contributed by atoms with Crippen molar-refractivity contribution in [3.05, 3.63) is 52.6 Å². The minimum atomic E-state index is -0.956. The van der Waals surface area contributed by atoms with Crippen molar-refractivity contribution in [2.24, 2.45) is 7.05 Å². The third-order valence-electron chi connectivity index (χ3n) is 3.37. The van der Waals surface area contributed by atoms with E-state index in [4.69, 9.17) is 5.11 Å². The van der Waals surface area contributed by atoms with E-state index in [1.807, 2.05) is 24.6 Å². The molecule has 19 heavy (non-hydrogen) atoms. The van der Waals surface area contributed by atoms with Crippen molar-refractivity contribution in [2.45, 2.75) is 26.7 Å². The Labute approximate surface area is 112 Å². The second-order valence-electron chi connectivity index (χ2n) is 4.81. The van der Waals surface area contributed by atoms with E-state index in [9.17, 15) is 4.79 Å². The largest absolute Gasteiger partial charge is 0.476 e. The van der Waals surface area contributed by atoms with Crippen LogP contribution >= 0.6 is 0 Å². The smallest absolute Gasteiger partial charge is 0.356 e. The summed E-state index contributed by atoms with van der Waals surface area (Å²) in [4.78, 5) is 15.3. The number of hydrogen-bond donors (Lipinski definition) is 1. The number of nitrogens with zero attached hydrogens (tertiary/aromatic N) is 2. The van der Waals surface area contributed by atoms with Crippen LogP contribution in [0.5, 0.6) is 0 Å². The molecule has 0 saturated carbocycles. The number of rotatable bonds is 4. The van der Waals surface area contributed by atoms with Crippen LogP contribution in [0.15, 0.2) is 24.3 Å². The predicted molar refractivity (Wildman–Crippen MR) is 73.5 cm³/mol. The first-order valence-electron chi connectivity index (χ1n) is 6.30. The Balaban J connectivity index is 2.22. The van der Waals surface area contributed by atoms with Crippen LogP contribution in [0.3, 0.4) is 0 Å². The first-order chi connectivity index (χ1) is 8.99. The van der Waals surface area contributed by atoms with Gasteiger partial charge in [0.1, 0.15) is 5.82 Å². The molecule has 0 aliphatic heterocycles. The van der Waals surface area contributed by atoms with Gasteiger partial charge in [0.2, 0.25) is 0 Å². The molecule has 1 aromatic heterocycles. The standard InChI is InChI=1S/C15H18N2O2/c1-10-5-4-6-12(9-10)7-8-13-14(15(18)19)16-11(2)17(13)3/h4-6,9H,7-8H2,1-3H3,(H,18,19). The molecule has 0 fully saturated rings. The number of aromatic nitrogens is 2. The number of aromatic carboxylic acids is 1. The lowest BCUT2D eigenvalue weighted by Gasteiger charge is -2.06. The quantitative estimate of drug-likeness (QED) is 0.916. The molecule has 1 N–H and O–H groups in total. The highest BCUT2D eigenvalue weighted by atomic mass is 16.4. The van der Waals surface area contributed by atoms with E-state index in [0.717, 1.165) is 17.9 Å². The Kier molecular flexibility index (Phi) is 3.69. The predicted octanol–water partition coefficient (Wildman–Crippen LogP) is 2.52. The van der Waals surface area contributed by atoms with E-state index < -0.39 is 5.97 Å². The molecule has 2 aromatic rings. The highest BCUT2D eigenvalue weighted by Gasteiger charge is 2.17. The maximum absolute atomic E-state index is 11.2. The Morgan fingerprint density at radius 3 is 2.68 bits per heavy atom. The van der Waals surface area contributed by atoms with Crippen LogP contribution in [0.4, 0.5) is 0 Å². The van der Waals surface area contributed by atoms with Gasteiger partial charge in [0.15, 0.2) is 5.69 Å². The van der Waals surface area contributed by atoms with Crippen LogP contribution in [0.25, 0.3) is 0 Å². The zero-order valence-corrected chi connectivity index (χ0v) is 11.5. The summed E-state index contributed by atoms with van der Waals surface area (Å²) in [7, 11) is 1.86.